The fourth-order valence-corrected chi connectivity index (χ4v) is 3.72. The Morgan fingerprint density at radius 1 is 0.950 bits per heavy atom. The number of hydrogen-bond donors (Lipinski definition) is 1. The van der Waals surface area contributed by atoms with Crippen molar-refractivity contribution in [1.29, 1.82) is 0 Å². The molecule has 0 radical (unpaired) electrons. The summed E-state index contributed by atoms with van der Waals surface area (Å²) in [6, 6.07) is 10.0. The summed E-state index contributed by atoms with van der Waals surface area (Å²) in [5, 5.41) is 0. The van der Waals surface area contributed by atoms with E-state index < -0.39 is 0 Å². The molecule has 1 aliphatic carbocycles. The van der Waals surface area contributed by atoms with Crippen LogP contribution in [0.4, 0.5) is 5.69 Å². The molecule has 1 aliphatic heterocycles. The minimum atomic E-state index is 0.627. The molecule has 2 fully saturated rings. The van der Waals surface area contributed by atoms with Crippen LogP contribution in [0.15, 0.2) is 35.3 Å². The van der Waals surface area contributed by atoms with E-state index in [0.717, 1.165) is 18.8 Å². The summed E-state index contributed by atoms with van der Waals surface area (Å²) < 4.78 is 0. The van der Waals surface area contributed by atoms with Crippen LogP contribution in [0.25, 0.3) is 0 Å². The van der Waals surface area contributed by atoms with Crippen molar-refractivity contribution in [2.75, 3.05) is 13.1 Å². The first-order valence-corrected chi connectivity index (χ1v) is 7.92. The van der Waals surface area contributed by atoms with Crippen molar-refractivity contribution in [2.24, 2.45) is 16.1 Å². The summed E-state index contributed by atoms with van der Waals surface area (Å²) in [4.78, 5) is 6.79. The van der Waals surface area contributed by atoms with Crippen molar-refractivity contribution in [3.05, 3.63) is 30.3 Å². The Balaban J connectivity index is 1.61. The predicted octanol–water partition coefficient (Wildman–Crippen LogP) is 3.68. The Bertz CT molecular complexity index is 450. The Morgan fingerprint density at radius 2 is 1.60 bits per heavy atom. The molecule has 1 spiro atoms. The summed E-state index contributed by atoms with van der Waals surface area (Å²) in [6.45, 7) is 2.14. The molecule has 1 saturated heterocycles. The zero-order chi connectivity index (χ0) is 13.8. The molecule has 0 amide bonds. The van der Waals surface area contributed by atoms with Crippen molar-refractivity contribution < 1.29 is 0 Å². The second-order valence-electron chi connectivity index (χ2n) is 6.35. The fourth-order valence-electron chi connectivity index (χ4n) is 3.72. The first kappa shape index (κ1) is 13.5. The van der Waals surface area contributed by atoms with Crippen molar-refractivity contribution >= 4 is 11.6 Å². The Kier molecular flexibility index (Phi) is 3.95. The third-order valence-electron chi connectivity index (χ3n) is 5.06. The van der Waals surface area contributed by atoms with Gasteiger partial charge in [-0.2, -0.15) is 0 Å². The van der Waals surface area contributed by atoms with Crippen LogP contribution in [0.3, 0.4) is 0 Å². The molecule has 20 heavy (non-hydrogen) atoms. The normalized spacial score (nSPS) is 23.0. The van der Waals surface area contributed by atoms with Gasteiger partial charge in [0.05, 0.1) is 5.69 Å². The predicted molar refractivity (Wildman–Crippen MR) is 84.0 cm³/mol. The smallest absolute Gasteiger partial charge is 0.196 e. The molecule has 1 aromatic carbocycles. The van der Waals surface area contributed by atoms with E-state index in [4.69, 9.17) is 5.73 Å². The average molecular weight is 271 g/mol. The summed E-state index contributed by atoms with van der Waals surface area (Å²) >= 11 is 0. The molecule has 0 bridgehead atoms. The molecular formula is C17H25N3. The third-order valence-corrected chi connectivity index (χ3v) is 5.06. The maximum atomic E-state index is 6.17. The third kappa shape index (κ3) is 2.97. The first-order chi connectivity index (χ1) is 9.77. The van der Waals surface area contributed by atoms with Crippen LogP contribution in [0.2, 0.25) is 0 Å². The second-order valence-corrected chi connectivity index (χ2v) is 6.35. The van der Waals surface area contributed by atoms with E-state index in [9.17, 15) is 0 Å². The van der Waals surface area contributed by atoms with Gasteiger partial charge in [-0.1, -0.05) is 37.5 Å². The van der Waals surface area contributed by atoms with Gasteiger partial charge in [0.2, 0.25) is 0 Å². The maximum Gasteiger partial charge on any atom is 0.196 e. The Hall–Kier alpha value is -1.51. The van der Waals surface area contributed by atoms with Crippen LogP contribution in [0.5, 0.6) is 0 Å². The van der Waals surface area contributed by atoms with E-state index in [1.165, 1.54) is 44.9 Å². The van der Waals surface area contributed by atoms with Gasteiger partial charge in [-0.3, -0.25) is 0 Å². The number of aliphatic imine (C=N–C) groups is 1. The van der Waals surface area contributed by atoms with E-state index in [1.807, 2.05) is 30.3 Å². The monoisotopic (exact) mass is 271 g/mol. The molecule has 0 atom stereocenters. The van der Waals surface area contributed by atoms with Gasteiger partial charge >= 0.3 is 0 Å². The van der Waals surface area contributed by atoms with Crippen molar-refractivity contribution in [3.8, 4) is 0 Å². The highest BCUT2D eigenvalue weighted by molar-refractivity contribution is 5.81. The number of nitrogens with zero attached hydrogens (tertiary/aromatic N) is 2. The number of guanidine groups is 1. The maximum absolute atomic E-state index is 6.17. The SMILES string of the molecule is NC(=Nc1ccccc1)N1CCC2(CCCCC2)CC1. The number of piperidine rings is 1. The lowest BCUT2D eigenvalue weighted by atomic mass is 9.68. The largest absolute Gasteiger partial charge is 0.369 e. The average Bonchev–Trinajstić information content (AvgIpc) is 2.50. The van der Waals surface area contributed by atoms with Crippen molar-refractivity contribution in [2.45, 2.75) is 44.9 Å². The van der Waals surface area contributed by atoms with Crippen LogP contribution < -0.4 is 5.73 Å². The number of benzene rings is 1. The van der Waals surface area contributed by atoms with Crippen molar-refractivity contribution in [1.82, 2.24) is 4.90 Å². The molecule has 0 aromatic heterocycles. The highest BCUT2D eigenvalue weighted by atomic mass is 15.3. The molecule has 1 saturated carbocycles. The molecule has 3 heteroatoms. The lowest BCUT2D eigenvalue weighted by Gasteiger charge is -2.44. The molecule has 1 heterocycles. The topological polar surface area (TPSA) is 41.6 Å². The van der Waals surface area contributed by atoms with Gasteiger partial charge in [-0.05, 0) is 43.2 Å². The lowest BCUT2D eigenvalue weighted by molar-refractivity contribution is 0.0973. The lowest BCUT2D eigenvalue weighted by Crippen LogP contribution is -2.46. The highest BCUT2D eigenvalue weighted by Crippen LogP contribution is 2.44. The van der Waals surface area contributed by atoms with Gasteiger partial charge in [0.25, 0.3) is 0 Å². The Labute approximate surface area is 121 Å². The fraction of sp³-hybridized carbons (Fsp3) is 0.588. The minimum Gasteiger partial charge on any atom is -0.369 e. The van der Waals surface area contributed by atoms with Crippen LogP contribution in [-0.2, 0) is 0 Å². The van der Waals surface area contributed by atoms with Gasteiger partial charge in [0.15, 0.2) is 5.96 Å². The van der Waals surface area contributed by atoms with E-state index in [1.54, 1.807) is 0 Å². The summed E-state index contributed by atoms with van der Waals surface area (Å²) in [5.41, 5.74) is 7.75. The number of likely N-dealkylation sites (tertiary alicyclic amines) is 1. The molecular weight excluding hydrogens is 246 g/mol. The van der Waals surface area contributed by atoms with E-state index in [2.05, 4.69) is 9.89 Å². The molecule has 2 N–H and O–H groups in total. The van der Waals surface area contributed by atoms with Crippen LogP contribution in [0, 0.1) is 5.41 Å². The summed E-state index contributed by atoms with van der Waals surface area (Å²) in [5.74, 6) is 0.682. The van der Waals surface area contributed by atoms with E-state index in [0.29, 0.717) is 11.4 Å². The van der Waals surface area contributed by atoms with Gasteiger partial charge < -0.3 is 10.6 Å². The number of rotatable bonds is 1. The summed E-state index contributed by atoms with van der Waals surface area (Å²) in [7, 11) is 0. The van der Waals surface area contributed by atoms with E-state index in [-0.39, 0.29) is 0 Å². The van der Waals surface area contributed by atoms with Crippen LogP contribution in [-0.4, -0.2) is 23.9 Å². The zero-order valence-electron chi connectivity index (χ0n) is 12.2. The number of hydrogen-bond acceptors (Lipinski definition) is 1. The van der Waals surface area contributed by atoms with E-state index >= 15 is 0 Å². The minimum absolute atomic E-state index is 0.627. The standard InChI is InChI=1S/C17H25N3/c18-16(19-15-7-3-1-4-8-15)20-13-11-17(12-14-20)9-5-2-6-10-17/h1,3-4,7-8H,2,5-6,9-14H2,(H2,18,19). The van der Waals surface area contributed by atoms with Crippen LogP contribution >= 0.6 is 0 Å². The highest BCUT2D eigenvalue weighted by Gasteiger charge is 2.35. The molecule has 1 aromatic rings. The van der Waals surface area contributed by atoms with Crippen LogP contribution in [0.1, 0.15) is 44.9 Å². The summed E-state index contributed by atoms with van der Waals surface area (Å²) in [6.07, 6.45) is 9.72. The zero-order valence-corrected chi connectivity index (χ0v) is 12.2. The van der Waals surface area contributed by atoms with Gasteiger partial charge in [-0.15, -0.1) is 0 Å². The number of nitrogens with two attached hydrogens (primary N) is 1. The number of para-hydroxylation sites is 1. The Morgan fingerprint density at radius 3 is 2.25 bits per heavy atom. The molecule has 0 unspecified atom stereocenters. The molecule has 108 valence electrons. The van der Waals surface area contributed by atoms with Gasteiger partial charge in [-0.25, -0.2) is 4.99 Å². The molecule has 2 aliphatic rings. The van der Waals surface area contributed by atoms with Gasteiger partial charge in [0, 0.05) is 13.1 Å². The molecule has 3 rings (SSSR count). The van der Waals surface area contributed by atoms with Crippen molar-refractivity contribution in [3.63, 3.8) is 0 Å². The first-order valence-electron chi connectivity index (χ1n) is 7.92. The quantitative estimate of drug-likeness (QED) is 0.625. The van der Waals surface area contributed by atoms with Gasteiger partial charge in [0.1, 0.15) is 0 Å². The second kappa shape index (κ2) is 5.86. The molecule has 3 nitrogen and oxygen atoms in total.